The van der Waals surface area contributed by atoms with Crippen LogP contribution in [-0.2, 0) is 4.74 Å². The van der Waals surface area contributed by atoms with Crippen molar-refractivity contribution in [3.05, 3.63) is 53.2 Å². The van der Waals surface area contributed by atoms with Gasteiger partial charge in [-0.1, -0.05) is 12.1 Å². The van der Waals surface area contributed by atoms with E-state index in [0.29, 0.717) is 18.9 Å². The third-order valence-corrected chi connectivity index (χ3v) is 3.78. The molecule has 1 fully saturated rings. The average molecular weight is 311 g/mol. The second kappa shape index (κ2) is 6.79. The molecule has 23 heavy (non-hydrogen) atoms. The van der Waals surface area contributed by atoms with Crippen LogP contribution in [0.4, 0.5) is 11.5 Å². The number of hydrogen-bond acceptors (Lipinski definition) is 4. The molecule has 0 bridgehead atoms. The molecule has 0 atom stereocenters. The third kappa shape index (κ3) is 3.87. The molecule has 1 aromatic heterocycles. The Morgan fingerprint density at radius 2 is 1.83 bits per heavy atom. The molecule has 0 unspecified atom stereocenters. The van der Waals surface area contributed by atoms with Crippen molar-refractivity contribution in [1.82, 2.24) is 4.98 Å². The fourth-order valence-corrected chi connectivity index (χ4v) is 2.76. The molecule has 0 aliphatic carbocycles. The number of nitrogens with zero attached hydrogens (tertiary/aromatic N) is 2. The molecular weight excluding hydrogens is 290 g/mol. The maximum atomic E-state index is 12.5. The van der Waals surface area contributed by atoms with E-state index in [9.17, 15) is 4.79 Å². The molecule has 1 aliphatic rings. The van der Waals surface area contributed by atoms with Crippen molar-refractivity contribution in [3.8, 4) is 0 Å². The summed E-state index contributed by atoms with van der Waals surface area (Å²) in [6.07, 6.45) is 0. The maximum absolute atomic E-state index is 12.5. The Morgan fingerprint density at radius 3 is 2.52 bits per heavy atom. The molecule has 5 nitrogen and oxygen atoms in total. The summed E-state index contributed by atoms with van der Waals surface area (Å²) in [6.45, 7) is 7.02. The number of aromatic nitrogens is 1. The Labute approximate surface area is 136 Å². The quantitative estimate of drug-likeness (QED) is 0.947. The Balaban J connectivity index is 1.76. The van der Waals surface area contributed by atoms with E-state index in [0.717, 1.165) is 35.7 Å². The number of pyridine rings is 1. The van der Waals surface area contributed by atoms with E-state index >= 15 is 0 Å². The molecule has 0 spiro atoms. The van der Waals surface area contributed by atoms with Crippen LogP contribution in [0.3, 0.4) is 0 Å². The van der Waals surface area contributed by atoms with Crippen LogP contribution in [0.25, 0.3) is 0 Å². The number of benzene rings is 1. The van der Waals surface area contributed by atoms with E-state index in [4.69, 9.17) is 4.74 Å². The van der Waals surface area contributed by atoms with Crippen LogP contribution >= 0.6 is 0 Å². The summed E-state index contributed by atoms with van der Waals surface area (Å²) in [5.41, 5.74) is 3.46. The van der Waals surface area contributed by atoms with Gasteiger partial charge in [0.25, 0.3) is 5.91 Å². The van der Waals surface area contributed by atoms with Gasteiger partial charge in [0.05, 0.1) is 13.2 Å². The molecule has 1 N–H and O–H groups in total. The van der Waals surface area contributed by atoms with Crippen LogP contribution in [0.5, 0.6) is 0 Å². The second-order valence-corrected chi connectivity index (χ2v) is 5.81. The van der Waals surface area contributed by atoms with Crippen molar-refractivity contribution in [2.24, 2.45) is 0 Å². The highest BCUT2D eigenvalue weighted by atomic mass is 16.5. The number of carbonyl (C=O) groups is 1. The van der Waals surface area contributed by atoms with Crippen molar-refractivity contribution in [1.29, 1.82) is 0 Å². The van der Waals surface area contributed by atoms with Crippen molar-refractivity contribution < 1.29 is 9.53 Å². The largest absolute Gasteiger partial charge is 0.378 e. The zero-order valence-corrected chi connectivity index (χ0v) is 13.5. The van der Waals surface area contributed by atoms with Gasteiger partial charge in [0.1, 0.15) is 11.5 Å². The molecule has 120 valence electrons. The summed E-state index contributed by atoms with van der Waals surface area (Å²) in [5.74, 6) is 0.631. The van der Waals surface area contributed by atoms with Gasteiger partial charge in [0.15, 0.2) is 0 Å². The second-order valence-electron chi connectivity index (χ2n) is 5.81. The zero-order valence-electron chi connectivity index (χ0n) is 13.5. The van der Waals surface area contributed by atoms with Gasteiger partial charge in [-0.25, -0.2) is 4.98 Å². The lowest BCUT2D eigenvalue weighted by molar-refractivity contribution is 0.102. The molecule has 0 radical (unpaired) electrons. The molecule has 5 heteroatoms. The van der Waals surface area contributed by atoms with E-state index in [1.807, 2.05) is 38.1 Å². The van der Waals surface area contributed by atoms with Gasteiger partial charge < -0.3 is 15.0 Å². The van der Waals surface area contributed by atoms with Gasteiger partial charge in [-0.15, -0.1) is 0 Å². The Morgan fingerprint density at radius 1 is 1.13 bits per heavy atom. The lowest BCUT2D eigenvalue weighted by atomic mass is 10.1. The number of anilines is 2. The van der Waals surface area contributed by atoms with E-state index < -0.39 is 0 Å². The van der Waals surface area contributed by atoms with Gasteiger partial charge in [0, 0.05) is 18.8 Å². The highest BCUT2D eigenvalue weighted by molar-refractivity contribution is 6.03. The van der Waals surface area contributed by atoms with Crippen LogP contribution in [0.1, 0.15) is 21.6 Å². The van der Waals surface area contributed by atoms with Gasteiger partial charge in [-0.2, -0.15) is 0 Å². The van der Waals surface area contributed by atoms with Gasteiger partial charge in [-0.05, 0) is 49.2 Å². The number of ether oxygens (including phenoxy) is 1. The fourth-order valence-electron chi connectivity index (χ4n) is 2.76. The third-order valence-electron chi connectivity index (χ3n) is 3.78. The first kappa shape index (κ1) is 15.5. The Hall–Kier alpha value is -2.40. The summed E-state index contributed by atoms with van der Waals surface area (Å²) in [7, 11) is 0. The van der Waals surface area contributed by atoms with Crippen molar-refractivity contribution >= 4 is 17.4 Å². The predicted octanol–water partition coefficient (Wildman–Crippen LogP) is 2.79. The standard InChI is InChI=1S/C18H21N3O2/c1-13-10-14(2)12-15(11-13)19-18(22)16-4-3-5-17(20-16)21-6-8-23-9-7-21/h3-5,10-12H,6-9H2,1-2H3,(H,19,22). The topological polar surface area (TPSA) is 54.5 Å². The first-order valence-corrected chi connectivity index (χ1v) is 7.81. The first-order chi connectivity index (χ1) is 11.1. The maximum Gasteiger partial charge on any atom is 0.274 e. The lowest BCUT2D eigenvalue weighted by Gasteiger charge is -2.27. The number of amides is 1. The number of nitrogens with one attached hydrogen (secondary N) is 1. The number of rotatable bonds is 3. The highest BCUT2D eigenvalue weighted by Crippen LogP contribution is 2.17. The van der Waals surface area contributed by atoms with Gasteiger partial charge in [0.2, 0.25) is 0 Å². The minimum Gasteiger partial charge on any atom is -0.378 e. The number of aryl methyl sites for hydroxylation is 2. The summed E-state index contributed by atoms with van der Waals surface area (Å²) < 4.78 is 5.35. The SMILES string of the molecule is Cc1cc(C)cc(NC(=O)c2cccc(N3CCOCC3)n2)c1. The Bertz CT molecular complexity index is 689. The van der Waals surface area contributed by atoms with Crippen LogP contribution in [0.15, 0.2) is 36.4 Å². The van der Waals surface area contributed by atoms with Crippen molar-refractivity contribution in [3.63, 3.8) is 0 Å². The predicted molar refractivity (Wildman–Crippen MR) is 91.1 cm³/mol. The van der Waals surface area contributed by atoms with Crippen LogP contribution in [-0.4, -0.2) is 37.2 Å². The molecule has 1 saturated heterocycles. The normalized spacial score (nSPS) is 14.6. The number of hydrogen-bond donors (Lipinski definition) is 1. The van der Waals surface area contributed by atoms with Crippen LogP contribution in [0.2, 0.25) is 0 Å². The average Bonchev–Trinajstić information content (AvgIpc) is 2.55. The molecule has 2 aromatic rings. The molecule has 1 aromatic carbocycles. The smallest absolute Gasteiger partial charge is 0.274 e. The fraction of sp³-hybridized carbons (Fsp3) is 0.333. The minimum absolute atomic E-state index is 0.190. The van der Waals surface area contributed by atoms with E-state index in [2.05, 4.69) is 21.3 Å². The summed E-state index contributed by atoms with van der Waals surface area (Å²) in [4.78, 5) is 19.1. The summed E-state index contributed by atoms with van der Waals surface area (Å²) in [5, 5.41) is 2.93. The van der Waals surface area contributed by atoms with E-state index in [1.54, 1.807) is 6.07 Å². The summed E-state index contributed by atoms with van der Waals surface area (Å²) in [6, 6.07) is 11.5. The van der Waals surface area contributed by atoms with Crippen LogP contribution < -0.4 is 10.2 Å². The molecule has 1 amide bonds. The van der Waals surface area contributed by atoms with Crippen molar-refractivity contribution in [2.75, 3.05) is 36.5 Å². The Kier molecular flexibility index (Phi) is 4.57. The monoisotopic (exact) mass is 311 g/mol. The zero-order chi connectivity index (χ0) is 16.2. The number of carbonyl (C=O) groups excluding carboxylic acids is 1. The van der Waals surface area contributed by atoms with E-state index in [-0.39, 0.29) is 5.91 Å². The van der Waals surface area contributed by atoms with Gasteiger partial charge in [-0.3, -0.25) is 4.79 Å². The molecular formula is C18H21N3O2. The molecule has 3 rings (SSSR count). The summed E-state index contributed by atoms with van der Waals surface area (Å²) >= 11 is 0. The van der Waals surface area contributed by atoms with E-state index in [1.165, 1.54) is 0 Å². The first-order valence-electron chi connectivity index (χ1n) is 7.81. The minimum atomic E-state index is -0.190. The molecule has 0 saturated carbocycles. The molecule has 1 aliphatic heterocycles. The van der Waals surface area contributed by atoms with Crippen molar-refractivity contribution in [2.45, 2.75) is 13.8 Å². The van der Waals surface area contributed by atoms with Crippen LogP contribution in [0, 0.1) is 13.8 Å². The van der Waals surface area contributed by atoms with Gasteiger partial charge >= 0.3 is 0 Å². The molecule has 2 heterocycles. The lowest BCUT2D eigenvalue weighted by Crippen LogP contribution is -2.37. The number of morpholine rings is 1. The highest BCUT2D eigenvalue weighted by Gasteiger charge is 2.15.